The predicted octanol–water partition coefficient (Wildman–Crippen LogP) is 2.29. The van der Waals surface area contributed by atoms with Crippen LogP contribution in [0.5, 0.6) is 5.75 Å². The number of nitrogens with one attached hydrogen (secondary N) is 1. The molecule has 0 bridgehead atoms. The molecule has 20 heavy (non-hydrogen) atoms. The Hall–Kier alpha value is -1.07. The zero-order valence-electron chi connectivity index (χ0n) is 13.6. The first-order chi connectivity index (χ1) is 9.63. The number of hydrogen-bond donors (Lipinski definition) is 1. The van der Waals surface area contributed by atoms with E-state index in [2.05, 4.69) is 41.0 Å². The Labute approximate surface area is 123 Å². The molecule has 1 rings (SSSR count). The Morgan fingerprint density at radius 3 is 2.70 bits per heavy atom. The van der Waals surface area contributed by atoms with Gasteiger partial charge in [-0.15, -0.1) is 0 Å². The third-order valence-corrected chi connectivity index (χ3v) is 3.60. The van der Waals surface area contributed by atoms with Crippen molar-refractivity contribution in [1.82, 2.24) is 20.0 Å². The predicted molar refractivity (Wildman–Crippen MR) is 83.3 cm³/mol. The molecule has 1 atom stereocenters. The van der Waals surface area contributed by atoms with Gasteiger partial charge in [0.25, 0.3) is 0 Å². The Morgan fingerprint density at radius 1 is 1.40 bits per heavy atom. The lowest BCUT2D eigenvalue weighted by Gasteiger charge is -2.20. The minimum Gasteiger partial charge on any atom is -0.493 e. The van der Waals surface area contributed by atoms with Crippen LogP contribution in [0, 0.1) is 0 Å². The highest BCUT2D eigenvalue weighted by Crippen LogP contribution is 2.28. The molecule has 0 aliphatic rings. The number of unbranched alkanes of at least 4 members (excludes halogenated alkanes) is 2. The maximum atomic E-state index is 5.48. The Balaban J connectivity index is 2.83. The summed E-state index contributed by atoms with van der Waals surface area (Å²) in [6.45, 7) is 4.09. The van der Waals surface area contributed by atoms with Crippen LogP contribution in [0.25, 0.3) is 0 Å². The zero-order valence-corrected chi connectivity index (χ0v) is 13.6. The molecule has 1 heterocycles. The SMILES string of the molecule is CCCCCC(NC)c1c(OC)cnn1CCN(C)C. The summed E-state index contributed by atoms with van der Waals surface area (Å²) in [5, 5.41) is 7.89. The fraction of sp³-hybridized carbons (Fsp3) is 0.800. The van der Waals surface area contributed by atoms with Crippen molar-refractivity contribution in [2.24, 2.45) is 0 Å². The van der Waals surface area contributed by atoms with Gasteiger partial charge in [-0.2, -0.15) is 5.10 Å². The van der Waals surface area contributed by atoms with Crippen LogP contribution in [-0.4, -0.2) is 49.5 Å². The molecule has 1 N–H and O–H groups in total. The Bertz CT molecular complexity index is 376. The van der Waals surface area contributed by atoms with Crippen LogP contribution in [0.1, 0.15) is 44.3 Å². The zero-order chi connectivity index (χ0) is 15.0. The number of nitrogens with zero attached hydrogens (tertiary/aromatic N) is 3. The summed E-state index contributed by atoms with van der Waals surface area (Å²) in [4.78, 5) is 2.17. The summed E-state index contributed by atoms with van der Waals surface area (Å²) in [6, 6.07) is 0.307. The largest absolute Gasteiger partial charge is 0.493 e. The number of aromatic nitrogens is 2. The van der Waals surface area contributed by atoms with Crippen molar-refractivity contribution in [3.05, 3.63) is 11.9 Å². The summed E-state index contributed by atoms with van der Waals surface area (Å²) in [5.74, 6) is 0.889. The Morgan fingerprint density at radius 2 is 2.15 bits per heavy atom. The number of ether oxygens (including phenoxy) is 1. The van der Waals surface area contributed by atoms with Crippen LogP contribution in [0.2, 0.25) is 0 Å². The maximum Gasteiger partial charge on any atom is 0.161 e. The second-order valence-electron chi connectivity index (χ2n) is 5.46. The average molecular weight is 282 g/mol. The van der Waals surface area contributed by atoms with Gasteiger partial charge >= 0.3 is 0 Å². The second-order valence-corrected chi connectivity index (χ2v) is 5.46. The van der Waals surface area contributed by atoms with Crippen molar-refractivity contribution >= 4 is 0 Å². The monoisotopic (exact) mass is 282 g/mol. The van der Waals surface area contributed by atoms with E-state index in [0.29, 0.717) is 6.04 Å². The van der Waals surface area contributed by atoms with Gasteiger partial charge < -0.3 is 15.0 Å². The van der Waals surface area contributed by atoms with Gasteiger partial charge in [0, 0.05) is 6.54 Å². The molecule has 0 aliphatic heterocycles. The minimum atomic E-state index is 0.307. The molecule has 5 nitrogen and oxygen atoms in total. The van der Waals surface area contributed by atoms with Crippen LogP contribution >= 0.6 is 0 Å². The maximum absolute atomic E-state index is 5.48. The molecule has 0 aromatic carbocycles. The van der Waals surface area contributed by atoms with Gasteiger partial charge in [-0.3, -0.25) is 4.68 Å². The van der Waals surface area contributed by atoms with Crippen molar-refractivity contribution in [3.8, 4) is 5.75 Å². The molecule has 0 amide bonds. The van der Waals surface area contributed by atoms with Crippen LogP contribution in [0.3, 0.4) is 0 Å². The molecule has 0 fully saturated rings. The van der Waals surface area contributed by atoms with Crippen LogP contribution in [-0.2, 0) is 6.54 Å². The smallest absolute Gasteiger partial charge is 0.161 e. The molecule has 1 unspecified atom stereocenters. The van der Waals surface area contributed by atoms with Crippen LogP contribution in [0.4, 0.5) is 0 Å². The first kappa shape index (κ1) is 17.0. The highest BCUT2D eigenvalue weighted by atomic mass is 16.5. The van der Waals surface area contributed by atoms with E-state index in [1.54, 1.807) is 7.11 Å². The van der Waals surface area contributed by atoms with Gasteiger partial charge in [0.1, 0.15) is 0 Å². The summed E-state index contributed by atoms with van der Waals surface area (Å²) in [5.41, 5.74) is 1.17. The van der Waals surface area contributed by atoms with Gasteiger partial charge in [0.05, 0.1) is 31.6 Å². The number of methoxy groups -OCH3 is 1. The molecule has 0 spiro atoms. The lowest BCUT2D eigenvalue weighted by Crippen LogP contribution is -2.25. The van der Waals surface area contributed by atoms with Crippen molar-refractivity contribution in [2.45, 2.75) is 45.2 Å². The lowest BCUT2D eigenvalue weighted by atomic mass is 10.0. The van der Waals surface area contributed by atoms with E-state index >= 15 is 0 Å². The topological polar surface area (TPSA) is 42.3 Å². The highest BCUT2D eigenvalue weighted by Gasteiger charge is 2.20. The standard InChI is InChI=1S/C15H30N4O/c1-6-7-8-9-13(16-2)15-14(20-5)12-17-19(15)11-10-18(3)4/h12-13,16H,6-11H2,1-5H3. The van der Waals surface area contributed by atoms with Gasteiger partial charge in [-0.25, -0.2) is 0 Å². The molecule has 0 saturated heterocycles. The summed E-state index contributed by atoms with van der Waals surface area (Å²) < 4.78 is 7.56. The summed E-state index contributed by atoms with van der Waals surface area (Å²) in [6.07, 6.45) is 6.69. The second kappa shape index (κ2) is 8.97. The fourth-order valence-corrected chi connectivity index (χ4v) is 2.38. The van der Waals surface area contributed by atoms with Gasteiger partial charge in [-0.05, 0) is 27.6 Å². The molecule has 116 valence electrons. The Kier molecular flexibility index (Phi) is 7.62. The minimum absolute atomic E-state index is 0.307. The van der Waals surface area contributed by atoms with E-state index in [9.17, 15) is 0 Å². The lowest BCUT2D eigenvalue weighted by molar-refractivity contribution is 0.352. The normalized spacial score (nSPS) is 12.9. The molecule has 0 radical (unpaired) electrons. The number of likely N-dealkylation sites (N-methyl/N-ethyl adjacent to an activating group) is 1. The van der Waals surface area contributed by atoms with Gasteiger partial charge in [-0.1, -0.05) is 26.2 Å². The van der Waals surface area contributed by atoms with Crippen molar-refractivity contribution in [3.63, 3.8) is 0 Å². The third-order valence-electron chi connectivity index (χ3n) is 3.60. The van der Waals surface area contributed by atoms with Crippen molar-refractivity contribution < 1.29 is 4.74 Å². The third kappa shape index (κ3) is 4.80. The van der Waals surface area contributed by atoms with Crippen molar-refractivity contribution in [2.75, 3.05) is 34.8 Å². The molecule has 1 aromatic rings. The first-order valence-electron chi connectivity index (χ1n) is 7.55. The highest BCUT2D eigenvalue weighted by molar-refractivity contribution is 5.28. The van der Waals surface area contributed by atoms with E-state index < -0.39 is 0 Å². The van der Waals surface area contributed by atoms with E-state index in [1.807, 2.05) is 13.2 Å². The molecule has 5 heteroatoms. The van der Waals surface area contributed by atoms with E-state index in [0.717, 1.165) is 25.3 Å². The summed E-state index contributed by atoms with van der Waals surface area (Å²) in [7, 11) is 7.89. The van der Waals surface area contributed by atoms with Crippen molar-refractivity contribution in [1.29, 1.82) is 0 Å². The van der Waals surface area contributed by atoms with E-state index in [1.165, 1.54) is 25.0 Å². The van der Waals surface area contributed by atoms with Crippen LogP contribution < -0.4 is 10.1 Å². The number of hydrogen-bond acceptors (Lipinski definition) is 4. The average Bonchev–Trinajstić information content (AvgIpc) is 2.84. The van der Waals surface area contributed by atoms with E-state index in [4.69, 9.17) is 4.74 Å². The summed E-state index contributed by atoms with van der Waals surface area (Å²) >= 11 is 0. The van der Waals surface area contributed by atoms with E-state index in [-0.39, 0.29) is 0 Å². The molecule has 0 saturated carbocycles. The quantitative estimate of drug-likeness (QED) is 0.669. The van der Waals surface area contributed by atoms with Gasteiger partial charge in [0.2, 0.25) is 0 Å². The molecular formula is C15H30N4O. The number of rotatable bonds is 10. The molecule has 1 aromatic heterocycles. The molecule has 0 aliphatic carbocycles. The van der Waals surface area contributed by atoms with Crippen LogP contribution in [0.15, 0.2) is 6.20 Å². The van der Waals surface area contributed by atoms with Gasteiger partial charge in [0.15, 0.2) is 5.75 Å². The fourth-order valence-electron chi connectivity index (χ4n) is 2.38. The molecular weight excluding hydrogens is 252 g/mol. The first-order valence-corrected chi connectivity index (χ1v) is 7.55.